The van der Waals surface area contributed by atoms with Gasteiger partial charge in [-0.2, -0.15) is 0 Å². The van der Waals surface area contributed by atoms with Gasteiger partial charge < -0.3 is 15.9 Å². The molecule has 0 aliphatic heterocycles. The lowest BCUT2D eigenvalue weighted by atomic mass is 9.99. The van der Waals surface area contributed by atoms with E-state index in [0.717, 1.165) is 21.9 Å². The van der Waals surface area contributed by atoms with Crippen molar-refractivity contribution in [2.75, 3.05) is 0 Å². The van der Waals surface area contributed by atoms with Gasteiger partial charge in [-0.05, 0) is 52.2 Å². The van der Waals surface area contributed by atoms with Crippen molar-refractivity contribution < 1.29 is 15.0 Å². The molecule has 0 aliphatic carbocycles. The number of phenolic OH excluding ortho intramolecular Hbond substituents is 2. The molecule has 3 rings (SSSR count). The van der Waals surface area contributed by atoms with Crippen LogP contribution in [0.5, 0.6) is 11.5 Å². The van der Waals surface area contributed by atoms with E-state index in [1.165, 1.54) is 12.1 Å². The lowest BCUT2D eigenvalue weighted by molar-refractivity contribution is 0.100. The van der Waals surface area contributed by atoms with Crippen LogP contribution in [0.1, 0.15) is 10.4 Å². The van der Waals surface area contributed by atoms with Gasteiger partial charge in [0.1, 0.15) is 0 Å². The van der Waals surface area contributed by atoms with Crippen molar-refractivity contribution in [1.82, 2.24) is 0 Å². The Morgan fingerprint density at radius 1 is 0.762 bits per heavy atom. The molecule has 4 nitrogen and oxygen atoms in total. The van der Waals surface area contributed by atoms with Crippen LogP contribution in [0.25, 0.3) is 21.9 Å². The van der Waals surface area contributed by atoms with Gasteiger partial charge in [-0.15, -0.1) is 0 Å². The van der Waals surface area contributed by atoms with Crippen LogP contribution in [0.4, 0.5) is 0 Å². The molecular weight excluding hydrogens is 266 g/mol. The van der Waals surface area contributed by atoms with E-state index >= 15 is 0 Å². The van der Waals surface area contributed by atoms with Gasteiger partial charge in [-0.1, -0.05) is 24.3 Å². The predicted molar refractivity (Wildman–Crippen MR) is 81.2 cm³/mol. The fourth-order valence-electron chi connectivity index (χ4n) is 2.28. The van der Waals surface area contributed by atoms with Crippen molar-refractivity contribution in [2.24, 2.45) is 5.73 Å². The third kappa shape index (κ3) is 2.39. The minimum Gasteiger partial charge on any atom is -0.504 e. The molecule has 104 valence electrons. The minimum absolute atomic E-state index is 0.148. The maximum absolute atomic E-state index is 11.2. The summed E-state index contributed by atoms with van der Waals surface area (Å²) in [6.45, 7) is 0. The molecule has 1 amide bonds. The molecule has 0 saturated carbocycles. The van der Waals surface area contributed by atoms with E-state index in [2.05, 4.69) is 0 Å². The fraction of sp³-hybridized carbons (Fsp3) is 0. The van der Waals surface area contributed by atoms with E-state index in [1.807, 2.05) is 24.3 Å². The Bertz CT molecular complexity index is 856. The van der Waals surface area contributed by atoms with E-state index < -0.39 is 5.91 Å². The number of primary amides is 1. The third-order valence-electron chi connectivity index (χ3n) is 3.43. The zero-order valence-corrected chi connectivity index (χ0v) is 11.1. The van der Waals surface area contributed by atoms with Crippen LogP contribution >= 0.6 is 0 Å². The Balaban J connectivity index is 2.10. The summed E-state index contributed by atoms with van der Waals surface area (Å²) in [5, 5.41) is 20.8. The molecule has 0 spiro atoms. The van der Waals surface area contributed by atoms with Crippen LogP contribution in [0.3, 0.4) is 0 Å². The highest BCUT2D eigenvalue weighted by atomic mass is 16.3. The number of carbonyl (C=O) groups excluding carboxylic acids is 1. The molecule has 3 aromatic carbocycles. The topological polar surface area (TPSA) is 83.6 Å². The second-order valence-electron chi connectivity index (χ2n) is 4.84. The lowest BCUT2D eigenvalue weighted by Gasteiger charge is -2.06. The van der Waals surface area contributed by atoms with Gasteiger partial charge in [-0.25, -0.2) is 0 Å². The zero-order chi connectivity index (χ0) is 15.0. The number of rotatable bonds is 2. The van der Waals surface area contributed by atoms with Gasteiger partial charge in [0.15, 0.2) is 11.5 Å². The second kappa shape index (κ2) is 4.83. The van der Waals surface area contributed by atoms with Crippen LogP contribution in [-0.2, 0) is 0 Å². The first-order chi connectivity index (χ1) is 10.0. The van der Waals surface area contributed by atoms with Crippen molar-refractivity contribution in [3.63, 3.8) is 0 Å². The Morgan fingerprint density at radius 3 is 2.10 bits per heavy atom. The second-order valence-corrected chi connectivity index (χ2v) is 4.84. The molecule has 4 heteroatoms. The minimum atomic E-state index is -0.454. The lowest BCUT2D eigenvalue weighted by Crippen LogP contribution is -2.10. The molecule has 0 atom stereocenters. The SMILES string of the molecule is NC(=O)c1ccc2cc(-c3ccc(O)c(O)c3)ccc2c1. The summed E-state index contributed by atoms with van der Waals surface area (Å²) in [5.41, 5.74) is 7.44. The molecule has 0 fully saturated rings. The number of nitrogens with two attached hydrogens (primary N) is 1. The normalized spacial score (nSPS) is 10.7. The molecule has 0 bridgehead atoms. The fourth-order valence-corrected chi connectivity index (χ4v) is 2.28. The molecular formula is C17H13NO3. The Morgan fingerprint density at radius 2 is 1.38 bits per heavy atom. The van der Waals surface area contributed by atoms with Crippen LogP contribution in [0.2, 0.25) is 0 Å². The number of carbonyl (C=O) groups is 1. The summed E-state index contributed by atoms with van der Waals surface area (Å²) >= 11 is 0. The molecule has 0 aliphatic rings. The summed E-state index contributed by atoms with van der Waals surface area (Å²) in [6.07, 6.45) is 0. The molecule has 0 heterocycles. The number of benzene rings is 3. The highest BCUT2D eigenvalue weighted by Crippen LogP contribution is 2.32. The molecule has 0 aromatic heterocycles. The zero-order valence-electron chi connectivity index (χ0n) is 11.1. The van der Waals surface area contributed by atoms with E-state index in [0.29, 0.717) is 5.56 Å². The molecule has 3 aromatic rings. The van der Waals surface area contributed by atoms with Gasteiger partial charge in [-0.3, -0.25) is 4.79 Å². The first-order valence-electron chi connectivity index (χ1n) is 6.40. The van der Waals surface area contributed by atoms with E-state index in [-0.39, 0.29) is 11.5 Å². The average molecular weight is 279 g/mol. The van der Waals surface area contributed by atoms with Crippen LogP contribution < -0.4 is 5.73 Å². The van der Waals surface area contributed by atoms with Gasteiger partial charge in [0.05, 0.1) is 0 Å². The van der Waals surface area contributed by atoms with Crippen LogP contribution in [-0.4, -0.2) is 16.1 Å². The first kappa shape index (κ1) is 13.0. The van der Waals surface area contributed by atoms with Crippen molar-refractivity contribution >= 4 is 16.7 Å². The van der Waals surface area contributed by atoms with Crippen molar-refractivity contribution in [3.8, 4) is 22.6 Å². The number of amides is 1. The Labute approximate surface area is 121 Å². The predicted octanol–water partition coefficient (Wildman–Crippen LogP) is 3.02. The molecule has 4 N–H and O–H groups in total. The van der Waals surface area contributed by atoms with Gasteiger partial charge in [0.25, 0.3) is 0 Å². The van der Waals surface area contributed by atoms with Gasteiger partial charge in [0, 0.05) is 5.56 Å². The molecule has 0 saturated heterocycles. The summed E-state index contributed by atoms with van der Waals surface area (Å²) < 4.78 is 0. The first-order valence-corrected chi connectivity index (χ1v) is 6.40. The number of hydrogen-bond acceptors (Lipinski definition) is 3. The summed E-state index contributed by atoms with van der Waals surface area (Å²) in [5.74, 6) is -0.758. The maximum atomic E-state index is 11.2. The number of phenols is 2. The quantitative estimate of drug-likeness (QED) is 0.630. The van der Waals surface area contributed by atoms with Gasteiger partial charge in [0.2, 0.25) is 5.91 Å². The Kier molecular flexibility index (Phi) is 2.99. The number of fused-ring (bicyclic) bond motifs is 1. The van der Waals surface area contributed by atoms with Gasteiger partial charge >= 0.3 is 0 Å². The monoisotopic (exact) mass is 279 g/mol. The summed E-state index contributed by atoms with van der Waals surface area (Å²) in [4.78, 5) is 11.2. The molecule has 21 heavy (non-hydrogen) atoms. The van der Waals surface area contributed by atoms with Crippen molar-refractivity contribution in [2.45, 2.75) is 0 Å². The summed E-state index contributed by atoms with van der Waals surface area (Å²) in [7, 11) is 0. The highest BCUT2D eigenvalue weighted by molar-refractivity contribution is 5.98. The number of hydrogen-bond donors (Lipinski definition) is 3. The molecule has 0 radical (unpaired) electrons. The third-order valence-corrected chi connectivity index (χ3v) is 3.43. The average Bonchev–Trinajstić information content (AvgIpc) is 2.49. The molecule has 0 unspecified atom stereocenters. The van der Waals surface area contributed by atoms with Crippen molar-refractivity contribution in [1.29, 1.82) is 0 Å². The maximum Gasteiger partial charge on any atom is 0.248 e. The highest BCUT2D eigenvalue weighted by Gasteiger charge is 2.06. The van der Waals surface area contributed by atoms with E-state index in [4.69, 9.17) is 5.73 Å². The summed E-state index contributed by atoms with van der Waals surface area (Å²) in [6, 6.07) is 15.7. The smallest absolute Gasteiger partial charge is 0.248 e. The van der Waals surface area contributed by atoms with Crippen molar-refractivity contribution in [3.05, 3.63) is 60.2 Å². The van der Waals surface area contributed by atoms with E-state index in [9.17, 15) is 15.0 Å². The standard InChI is InChI=1S/C17H13NO3/c18-17(21)14-4-3-10-7-11(1-2-12(10)8-14)13-5-6-15(19)16(20)9-13/h1-9,19-20H,(H2,18,21). The van der Waals surface area contributed by atoms with Crippen LogP contribution in [0, 0.1) is 0 Å². The Hall–Kier alpha value is -3.01. The largest absolute Gasteiger partial charge is 0.504 e. The van der Waals surface area contributed by atoms with Crippen LogP contribution in [0.15, 0.2) is 54.6 Å². The number of aromatic hydroxyl groups is 2. The van der Waals surface area contributed by atoms with E-state index in [1.54, 1.807) is 18.2 Å².